The van der Waals surface area contributed by atoms with Crippen LogP contribution < -0.4 is 10.6 Å². The molecule has 1 saturated heterocycles. The molecular weight excluding hydrogens is 262 g/mol. The molecule has 0 bridgehead atoms. The molecule has 0 radical (unpaired) electrons. The second-order valence-electron chi connectivity index (χ2n) is 7.47. The number of amides is 1. The van der Waals surface area contributed by atoms with Crippen LogP contribution in [0.4, 0.5) is 0 Å². The third kappa shape index (κ3) is 4.96. The number of nitrogens with zero attached hydrogens (tertiary/aromatic N) is 1. The number of likely N-dealkylation sites (tertiary alicyclic amines) is 1. The number of hydrogen-bond donors (Lipinski definition) is 2. The number of carbonyl (C=O) groups is 1. The van der Waals surface area contributed by atoms with E-state index in [0.717, 1.165) is 25.6 Å². The average Bonchev–Trinajstić information content (AvgIpc) is 3.28. The lowest BCUT2D eigenvalue weighted by atomic mass is 9.98. The molecule has 2 N–H and O–H groups in total. The van der Waals surface area contributed by atoms with Gasteiger partial charge in [0.25, 0.3) is 0 Å². The fourth-order valence-corrected chi connectivity index (χ4v) is 3.02. The normalized spacial score (nSPS) is 25.6. The molecule has 2 aliphatic rings. The van der Waals surface area contributed by atoms with Crippen LogP contribution in [0.2, 0.25) is 0 Å². The van der Waals surface area contributed by atoms with Crippen molar-refractivity contribution in [3.63, 3.8) is 0 Å². The molecule has 0 spiro atoms. The molecule has 2 fully saturated rings. The van der Waals surface area contributed by atoms with Gasteiger partial charge in [-0.15, -0.1) is 0 Å². The Morgan fingerprint density at radius 1 is 1.29 bits per heavy atom. The Hall–Kier alpha value is -0.610. The highest BCUT2D eigenvalue weighted by Crippen LogP contribution is 2.23. The summed E-state index contributed by atoms with van der Waals surface area (Å²) in [6.07, 6.45) is 7.34. The summed E-state index contributed by atoms with van der Waals surface area (Å²) in [5.74, 6) is 0.181. The van der Waals surface area contributed by atoms with Crippen LogP contribution in [0.5, 0.6) is 0 Å². The Bertz CT molecular complexity index is 352. The van der Waals surface area contributed by atoms with Crippen molar-refractivity contribution in [1.82, 2.24) is 15.5 Å². The Balaban J connectivity index is 1.90. The molecule has 0 aromatic rings. The summed E-state index contributed by atoms with van der Waals surface area (Å²) in [6, 6.07) is 1.24. The van der Waals surface area contributed by atoms with Crippen LogP contribution >= 0.6 is 0 Å². The van der Waals surface area contributed by atoms with E-state index in [0.29, 0.717) is 6.04 Å². The Morgan fingerprint density at radius 2 is 2.00 bits per heavy atom. The van der Waals surface area contributed by atoms with E-state index in [2.05, 4.69) is 43.2 Å². The van der Waals surface area contributed by atoms with Gasteiger partial charge in [0.05, 0.1) is 6.04 Å². The summed E-state index contributed by atoms with van der Waals surface area (Å²) < 4.78 is 0. The summed E-state index contributed by atoms with van der Waals surface area (Å²) in [5, 5.41) is 6.84. The van der Waals surface area contributed by atoms with Crippen LogP contribution in [0.3, 0.4) is 0 Å². The monoisotopic (exact) mass is 295 g/mol. The molecule has 2 atom stereocenters. The number of nitrogens with one attached hydrogen (secondary N) is 2. The maximum Gasteiger partial charge on any atom is 0.237 e. The predicted molar refractivity (Wildman–Crippen MR) is 87.3 cm³/mol. The fourth-order valence-electron chi connectivity index (χ4n) is 3.02. The highest BCUT2D eigenvalue weighted by Gasteiger charge is 2.33. The van der Waals surface area contributed by atoms with E-state index >= 15 is 0 Å². The predicted octanol–water partition coefficient (Wildman–Crippen LogP) is 2.29. The topological polar surface area (TPSA) is 44.4 Å². The van der Waals surface area contributed by atoms with Gasteiger partial charge in [-0.2, -0.15) is 0 Å². The lowest BCUT2D eigenvalue weighted by molar-refractivity contribution is -0.129. The summed E-state index contributed by atoms with van der Waals surface area (Å²) >= 11 is 0. The molecule has 1 amide bonds. The number of carbonyl (C=O) groups excluding carboxylic acids is 1. The molecule has 1 aliphatic carbocycles. The Labute approximate surface area is 130 Å². The molecule has 1 aliphatic heterocycles. The van der Waals surface area contributed by atoms with Crippen LogP contribution in [0.15, 0.2) is 0 Å². The summed E-state index contributed by atoms with van der Waals surface area (Å²) in [5.41, 5.74) is -0.108. The van der Waals surface area contributed by atoms with Crippen molar-refractivity contribution in [3.05, 3.63) is 0 Å². The van der Waals surface area contributed by atoms with E-state index in [-0.39, 0.29) is 17.5 Å². The van der Waals surface area contributed by atoms with Gasteiger partial charge >= 0.3 is 0 Å². The van der Waals surface area contributed by atoms with Crippen molar-refractivity contribution in [2.45, 2.75) is 89.9 Å². The molecule has 2 unspecified atom stereocenters. The first-order valence-corrected chi connectivity index (χ1v) is 8.74. The molecule has 0 aromatic heterocycles. The third-order valence-corrected chi connectivity index (χ3v) is 5.11. The van der Waals surface area contributed by atoms with E-state index in [1.807, 2.05) is 0 Å². The first-order chi connectivity index (χ1) is 9.93. The van der Waals surface area contributed by atoms with Crippen LogP contribution in [-0.4, -0.2) is 47.6 Å². The fraction of sp³-hybridized carbons (Fsp3) is 0.941. The third-order valence-electron chi connectivity index (χ3n) is 5.11. The van der Waals surface area contributed by atoms with Gasteiger partial charge in [-0.3, -0.25) is 9.69 Å². The molecule has 4 heteroatoms. The Kier molecular flexibility index (Phi) is 5.67. The zero-order chi connectivity index (χ0) is 15.5. The van der Waals surface area contributed by atoms with Crippen molar-refractivity contribution >= 4 is 5.91 Å². The molecular formula is C17H33N3O. The lowest BCUT2D eigenvalue weighted by Crippen LogP contribution is -2.57. The molecule has 1 heterocycles. The first kappa shape index (κ1) is 16.8. The molecule has 1 saturated carbocycles. The highest BCUT2D eigenvalue weighted by atomic mass is 16.2. The van der Waals surface area contributed by atoms with E-state index in [1.165, 1.54) is 32.1 Å². The van der Waals surface area contributed by atoms with Crippen molar-refractivity contribution in [1.29, 1.82) is 0 Å². The van der Waals surface area contributed by atoms with E-state index < -0.39 is 0 Å². The van der Waals surface area contributed by atoms with Gasteiger partial charge in [-0.1, -0.05) is 13.3 Å². The maximum absolute atomic E-state index is 12.5. The van der Waals surface area contributed by atoms with Crippen LogP contribution in [0.25, 0.3) is 0 Å². The van der Waals surface area contributed by atoms with Crippen LogP contribution in [0, 0.1) is 0 Å². The van der Waals surface area contributed by atoms with E-state index in [4.69, 9.17) is 0 Å². The van der Waals surface area contributed by atoms with Gasteiger partial charge in [0, 0.05) is 24.2 Å². The average molecular weight is 295 g/mol. The number of hydrogen-bond acceptors (Lipinski definition) is 3. The minimum atomic E-state index is -0.108. The largest absolute Gasteiger partial charge is 0.350 e. The molecule has 21 heavy (non-hydrogen) atoms. The lowest BCUT2D eigenvalue weighted by Gasteiger charge is -2.40. The van der Waals surface area contributed by atoms with Gasteiger partial charge in [0.15, 0.2) is 0 Å². The second kappa shape index (κ2) is 7.10. The van der Waals surface area contributed by atoms with E-state index in [9.17, 15) is 4.79 Å². The van der Waals surface area contributed by atoms with Gasteiger partial charge < -0.3 is 10.6 Å². The number of rotatable bonds is 7. The maximum atomic E-state index is 12.5. The molecule has 4 nitrogen and oxygen atoms in total. The standard InChI is InChI=1S/C17H33N3O/c1-5-17(3,4)19-16(21)13(2)20-11-7-6-8-15(20)12-18-14-9-10-14/h13-15,18H,5-12H2,1-4H3,(H,19,21). The smallest absolute Gasteiger partial charge is 0.237 e. The summed E-state index contributed by atoms with van der Waals surface area (Å²) in [7, 11) is 0. The first-order valence-electron chi connectivity index (χ1n) is 8.74. The van der Waals surface area contributed by atoms with Crippen LogP contribution in [-0.2, 0) is 4.79 Å². The van der Waals surface area contributed by atoms with Gasteiger partial charge in [0.2, 0.25) is 5.91 Å². The van der Waals surface area contributed by atoms with Crippen molar-refractivity contribution in [2.24, 2.45) is 0 Å². The molecule has 122 valence electrons. The SMILES string of the molecule is CCC(C)(C)NC(=O)C(C)N1CCCCC1CNC1CC1. The number of piperidine rings is 1. The van der Waals surface area contributed by atoms with Gasteiger partial charge in [-0.25, -0.2) is 0 Å². The zero-order valence-electron chi connectivity index (χ0n) is 14.2. The minimum absolute atomic E-state index is 0.0258. The Morgan fingerprint density at radius 3 is 2.62 bits per heavy atom. The minimum Gasteiger partial charge on any atom is -0.350 e. The zero-order valence-corrected chi connectivity index (χ0v) is 14.2. The highest BCUT2D eigenvalue weighted by molar-refractivity contribution is 5.82. The van der Waals surface area contributed by atoms with Crippen molar-refractivity contribution < 1.29 is 4.79 Å². The quantitative estimate of drug-likeness (QED) is 0.757. The summed E-state index contributed by atoms with van der Waals surface area (Å²) in [4.78, 5) is 15.0. The molecule has 0 aromatic carbocycles. The van der Waals surface area contributed by atoms with Gasteiger partial charge in [-0.05, 0) is 59.4 Å². The van der Waals surface area contributed by atoms with Gasteiger partial charge in [0.1, 0.15) is 0 Å². The second-order valence-corrected chi connectivity index (χ2v) is 7.47. The van der Waals surface area contributed by atoms with E-state index in [1.54, 1.807) is 0 Å². The molecule has 2 rings (SSSR count). The van der Waals surface area contributed by atoms with Crippen molar-refractivity contribution in [2.75, 3.05) is 13.1 Å². The van der Waals surface area contributed by atoms with Crippen molar-refractivity contribution in [3.8, 4) is 0 Å². The van der Waals surface area contributed by atoms with Crippen LogP contribution in [0.1, 0.15) is 66.2 Å². The summed E-state index contributed by atoms with van der Waals surface area (Å²) in [6.45, 7) is 10.5.